The van der Waals surface area contributed by atoms with Crippen molar-refractivity contribution in [2.45, 2.75) is 25.7 Å². The van der Waals surface area contributed by atoms with Gasteiger partial charge in [-0.1, -0.05) is 22.0 Å². The second-order valence-electron chi connectivity index (χ2n) is 4.96. The molecule has 1 amide bonds. The van der Waals surface area contributed by atoms with Gasteiger partial charge >= 0.3 is 0 Å². The number of carbonyl (C=O) groups is 1. The van der Waals surface area contributed by atoms with Crippen LogP contribution in [0.25, 0.3) is 0 Å². The van der Waals surface area contributed by atoms with E-state index in [0.717, 1.165) is 36.6 Å². The second-order valence-corrected chi connectivity index (χ2v) is 5.88. The molecule has 0 spiro atoms. The summed E-state index contributed by atoms with van der Waals surface area (Å²) in [6, 6.07) is 7.47. The molecule has 0 saturated carbocycles. The molecule has 1 aromatic rings. The van der Waals surface area contributed by atoms with Crippen molar-refractivity contribution in [3.63, 3.8) is 0 Å². The maximum atomic E-state index is 11.9. The quantitative estimate of drug-likeness (QED) is 0.843. The minimum Gasteiger partial charge on any atom is -0.381 e. The van der Waals surface area contributed by atoms with Gasteiger partial charge in [0.25, 0.3) is 5.91 Å². The fraction of sp³-hybridized carbons (Fsp3) is 0.533. The third-order valence-electron chi connectivity index (χ3n) is 3.50. The number of hydrogen-bond acceptors (Lipinski definition) is 2. The van der Waals surface area contributed by atoms with Gasteiger partial charge in [0, 0.05) is 29.8 Å². The molecule has 1 fully saturated rings. The highest BCUT2D eigenvalue weighted by atomic mass is 79.9. The van der Waals surface area contributed by atoms with E-state index in [9.17, 15) is 4.79 Å². The predicted octanol–water partition coefficient (Wildman–Crippen LogP) is 3.39. The maximum Gasteiger partial charge on any atom is 0.251 e. The zero-order valence-corrected chi connectivity index (χ0v) is 12.6. The molecule has 1 aliphatic heterocycles. The van der Waals surface area contributed by atoms with E-state index in [1.165, 1.54) is 19.3 Å². The number of rotatable bonds is 5. The van der Waals surface area contributed by atoms with Crippen LogP contribution in [0.4, 0.5) is 0 Å². The lowest BCUT2D eigenvalue weighted by molar-refractivity contribution is 0.0631. The van der Waals surface area contributed by atoms with Crippen LogP contribution in [0.15, 0.2) is 28.7 Å². The Kier molecular flexibility index (Phi) is 5.86. The highest BCUT2D eigenvalue weighted by Gasteiger charge is 2.13. The van der Waals surface area contributed by atoms with Crippen molar-refractivity contribution >= 4 is 21.8 Å². The molecule has 3 nitrogen and oxygen atoms in total. The molecule has 1 heterocycles. The Morgan fingerprint density at radius 1 is 1.37 bits per heavy atom. The number of halogens is 1. The Bertz CT molecular complexity index is 416. The monoisotopic (exact) mass is 325 g/mol. The average Bonchev–Trinajstić information content (AvgIpc) is 2.44. The third-order valence-corrected chi connectivity index (χ3v) is 4.00. The van der Waals surface area contributed by atoms with Gasteiger partial charge in [-0.15, -0.1) is 0 Å². The molecule has 1 aromatic carbocycles. The summed E-state index contributed by atoms with van der Waals surface area (Å²) in [7, 11) is 0. The standard InChI is InChI=1S/C15H20BrNO2/c16-14-5-1-4-13(11-14)15(18)17-8-2-3-12-6-9-19-10-7-12/h1,4-5,11-12H,2-3,6-10H2,(H,17,18). The van der Waals surface area contributed by atoms with E-state index >= 15 is 0 Å². The minimum absolute atomic E-state index is 0.00766. The fourth-order valence-corrected chi connectivity index (χ4v) is 2.76. The summed E-state index contributed by atoms with van der Waals surface area (Å²) >= 11 is 3.37. The van der Waals surface area contributed by atoms with Crippen molar-refractivity contribution in [1.82, 2.24) is 5.32 Å². The SMILES string of the molecule is O=C(NCCCC1CCOCC1)c1cccc(Br)c1. The summed E-state index contributed by atoms with van der Waals surface area (Å²) in [5.41, 5.74) is 0.709. The number of carbonyl (C=O) groups excluding carboxylic acids is 1. The Labute approximate surface area is 122 Å². The van der Waals surface area contributed by atoms with E-state index < -0.39 is 0 Å². The van der Waals surface area contributed by atoms with Crippen LogP contribution in [0.5, 0.6) is 0 Å². The van der Waals surface area contributed by atoms with E-state index in [1.54, 1.807) is 0 Å². The van der Waals surface area contributed by atoms with Crippen LogP contribution in [0.2, 0.25) is 0 Å². The molecule has 1 aliphatic rings. The summed E-state index contributed by atoms with van der Waals surface area (Å²) in [5.74, 6) is 0.782. The lowest BCUT2D eigenvalue weighted by Crippen LogP contribution is -2.25. The molecule has 1 saturated heterocycles. The maximum absolute atomic E-state index is 11.9. The molecule has 0 bridgehead atoms. The molecule has 0 atom stereocenters. The Hall–Kier alpha value is -0.870. The lowest BCUT2D eigenvalue weighted by atomic mass is 9.95. The summed E-state index contributed by atoms with van der Waals surface area (Å²) in [5, 5.41) is 2.97. The number of nitrogens with one attached hydrogen (secondary N) is 1. The van der Waals surface area contributed by atoms with Crippen LogP contribution < -0.4 is 5.32 Å². The number of hydrogen-bond donors (Lipinski definition) is 1. The Balaban J connectivity index is 1.66. The van der Waals surface area contributed by atoms with E-state index in [0.29, 0.717) is 5.56 Å². The van der Waals surface area contributed by atoms with Gasteiger partial charge in [0.15, 0.2) is 0 Å². The van der Waals surface area contributed by atoms with Crippen LogP contribution in [0.3, 0.4) is 0 Å². The van der Waals surface area contributed by atoms with Crippen LogP contribution in [-0.2, 0) is 4.74 Å². The summed E-state index contributed by atoms with van der Waals surface area (Å²) < 4.78 is 6.27. The molecule has 0 aromatic heterocycles. The van der Waals surface area contributed by atoms with Crippen molar-refractivity contribution in [3.05, 3.63) is 34.3 Å². The van der Waals surface area contributed by atoms with Gasteiger partial charge in [0.1, 0.15) is 0 Å². The van der Waals surface area contributed by atoms with Gasteiger partial charge < -0.3 is 10.1 Å². The molecule has 0 radical (unpaired) electrons. The zero-order valence-electron chi connectivity index (χ0n) is 11.0. The van der Waals surface area contributed by atoms with Crippen molar-refractivity contribution in [2.24, 2.45) is 5.92 Å². The van der Waals surface area contributed by atoms with Gasteiger partial charge in [0.2, 0.25) is 0 Å². The first-order valence-electron chi connectivity index (χ1n) is 6.87. The molecule has 0 unspecified atom stereocenters. The van der Waals surface area contributed by atoms with Gasteiger partial charge in [0.05, 0.1) is 0 Å². The fourth-order valence-electron chi connectivity index (χ4n) is 2.36. The first kappa shape index (κ1) is 14.5. The van der Waals surface area contributed by atoms with Crippen molar-refractivity contribution < 1.29 is 9.53 Å². The van der Waals surface area contributed by atoms with Crippen LogP contribution in [-0.4, -0.2) is 25.7 Å². The first-order chi connectivity index (χ1) is 9.25. The Morgan fingerprint density at radius 3 is 2.89 bits per heavy atom. The minimum atomic E-state index is 0.00766. The Morgan fingerprint density at radius 2 is 2.16 bits per heavy atom. The van der Waals surface area contributed by atoms with Crippen LogP contribution >= 0.6 is 15.9 Å². The van der Waals surface area contributed by atoms with E-state index in [4.69, 9.17) is 4.74 Å². The van der Waals surface area contributed by atoms with Crippen molar-refractivity contribution in [2.75, 3.05) is 19.8 Å². The predicted molar refractivity (Wildman–Crippen MR) is 79.3 cm³/mol. The molecule has 19 heavy (non-hydrogen) atoms. The number of ether oxygens (including phenoxy) is 1. The highest BCUT2D eigenvalue weighted by Crippen LogP contribution is 2.19. The van der Waals surface area contributed by atoms with E-state index in [2.05, 4.69) is 21.2 Å². The average molecular weight is 326 g/mol. The normalized spacial score (nSPS) is 16.3. The molecular formula is C15H20BrNO2. The third kappa shape index (κ3) is 4.96. The topological polar surface area (TPSA) is 38.3 Å². The highest BCUT2D eigenvalue weighted by molar-refractivity contribution is 9.10. The summed E-state index contributed by atoms with van der Waals surface area (Å²) in [6.07, 6.45) is 4.56. The molecule has 0 aliphatic carbocycles. The molecule has 1 N–H and O–H groups in total. The molecule has 2 rings (SSSR count). The van der Waals surface area contributed by atoms with Gasteiger partial charge in [-0.3, -0.25) is 4.79 Å². The van der Waals surface area contributed by atoms with E-state index in [1.807, 2.05) is 24.3 Å². The van der Waals surface area contributed by atoms with Crippen molar-refractivity contribution in [3.8, 4) is 0 Å². The van der Waals surface area contributed by atoms with Crippen LogP contribution in [0.1, 0.15) is 36.0 Å². The molecular weight excluding hydrogens is 306 g/mol. The van der Waals surface area contributed by atoms with Crippen LogP contribution in [0, 0.1) is 5.92 Å². The largest absolute Gasteiger partial charge is 0.381 e. The van der Waals surface area contributed by atoms with Crippen molar-refractivity contribution in [1.29, 1.82) is 0 Å². The zero-order chi connectivity index (χ0) is 13.5. The molecule has 4 heteroatoms. The van der Waals surface area contributed by atoms with Gasteiger partial charge in [-0.05, 0) is 49.8 Å². The smallest absolute Gasteiger partial charge is 0.251 e. The number of benzene rings is 1. The lowest BCUT2D eigenvalue weighted by Gasteiger charge is -2.21. The summed E-state index contributed by atoms with van der Waals surface area (Å²) in [4.78, 5) is 11.9. The summed E-state index contributed by atoms with van der Waals surface area (Å²) in [6.45, 7) is 2.55. The molecule has 104 valence electrons. The van der Waals surface area contributed by atoms with E-state index in [-0.39, 0.29) is 5.91 Å². The first-order valence-corrected chi connectivity index (χ1v) is 7.66. The van der Waals surface area contributed by atoms with Gasteiger partial charge in [-0.2, -0.15) is 0 Å². The van der Waals surface area contributed by atoms with Gasteiger partial charge in [-0.25, -0.2) is 0 Å². The second kappa shape index (κ2) is 7.65. The number of amides is 1.